The summed E-state index contributed by atoms with van der Waals surface area (Å²) in [6.07, 6.45) is 6.61. The van der Waals surface area contributed by atoms with Crippen molar-refractivity contribution in [2.45, 2.75) is 117 Å². The van der Waals surface area contributed by atoms with Gasteiger partial charge in [0, 0.05) is 13.2 Å². The quantitative estimate of drug-likeness (QED) is 0.162. The Morgan fingerprint density at radius 1 is 1.11 bits per heavy atom. The fourth-order valence-electron chi connectivity index (χ4n) is 8.06. The molecular weight excluding hydrogens is 575 g/mol. The number of carbonyl (C=O) groups excluding carboxylic acids is 1. The van der Waals surface area contributed by atoms with Crippen LogP contribution in [-0.4, -0.2) is 52.5 Å². The Kier molecular flexibility index (Phi) is 11.7. The molecule has 4 rings (SSSR count). The molecule has 5 nitrogen and oxygen atoms in total. The maximum Gasteiger partial charge on any atom is 0.323 e. The van der Waals surface area contributed by atoms with E-state index in [1.165, 1.54) is 36.6 Å². The van der Waals surface area contributed by atoms with E-state index in [0.717, 1.165) is 44.6 Å². The zero-order valence-electron chi connectivity index (χ0n) is 29.9. The maximum atomic E-state index is 13.0. The van der Waals surface area contributed by atoms with Gasteiger partial charge in [-0.15, -0.1) is 0 Å². The molecular formula is C39H61NO4Si. The van der Waals surface area contributed by atoms with Crippen LogP contribution in [0.1, 0.15) is 96.3 Å². The van der Waals surface area contributed by atoms with Crippen molar-refractivity contribution in [1.82, 2.24) is 4.90 Å². The fraction of sp³-hybridized carbons (Fsp3) is 0.667. The van der Waals surface area contributed by atoms with Crippen molar-refractivity contribution in [2.24, 2.45) is 23.2 Å². The number of aryl methyl sites for hydroxylation is 1. The smallest absolute Gasteiger partial charge is 0.323 e. The Hall–Kier alpha value is -2.15. The molecule has 0 N–H and O–H groups in total. The van der Waals surface area contributed by atoms with Crippen molar-refractivity contribution in [3.63, 3.8) is 0 Å². The predicted molar refractivity (Wildman–Crippen MR) is 188 cm³/mol. The van der Waals surface area contributed by atoms with Gasteiger partial charge in [0.1, 0.15) is 18.4 Å². The number of benzene rings is 2. The summed E-state index contributed by atoms with van der Waals surface area (Å²) in [5, 5.41) is 0.194. The van der Waals surface area contributed by atoms with Crippen LogP contribution in [0.25, 0.3) is 0 Å². The summed E-state index contributed by atoms with van der Waals surface area (Å²) in [4.78, 5) is 15.3. The van der Waals surface area contributed by atoms with Gasteiger partial charge in [-0.2, -0.15) is 0 Å². The van der Waals surface area contributed by atoms with Gasteiger partial charge in [0.2, 0.25) is 0 Å². The first-order valence-corrected chi connectivity index (χ1v) is 20.3. The third kappa shape index (κ3) is 8.23. The molecule has 0 heterocycles. The highest BCUT2D eigenvalue weighted by Gasteiger charge is 2.49. The standard InChI is InChI=1S/C39H61NO4Si/c1-11-28(2)36(37(41)42-8)40(7)27-39(6)23-21-33-32-20-18-31(43-26-29-15-13-12-14-16-29)25-30(32)17-19-34(33)35(39)22-24-44-45(9,10)38(3,4)5/h12-16,18,20,25,28,33-36H,11,17,19,21-24,26-27H2,1-10H3/t28-,33+,34+,35-,36-,39+/m0/s1. The second kappa shape index (κ2) is 14.7. The van der Waals surface area contributed by atoms with Gasteiger partial charge in [0.25, 0.3) is 0 Å². The molecule has 0 radical (unpaired) electrons. The maximum absolute atomic E-state index is 13.0. The van der Waals surface area contributed by atoms with Crippen LogP contribution in [0.4, 0.5) is 0 Å². The number of fused-ring (bicyclic) bond motifs is 3. The van der Waals surface area contributed by atoms with Gasteiger partial charge in [-0.05, 0) is 115 Å². The van der Waals surface area contributed by atoms with E-state index in [4.69, 9.17) is 13.9 Å². The molecule has 2 aliphatic carbocycles. The lowest BCUT2D eigenvalue weighted by molar-refractivity contribution is -0.150. The fourth-order valence-corrected chi connectivity index (χ4v) is 9.12. The average Bonchev–Trinajstić information content (AvgIpc) is 3.00. The van der Waals surface area contributed by atoms with Crippen LogP contribution in [0.3, 0.4) is 0 Å². The predicted octanol–water partition coefficient (Wildman–Crippen LogP) is 9.26. The van der Waals surface area contributed by atoms with Crippen molar-refractivity contribution in [3.8, 4) is 5.75 Å². The average molecular weight is 636 g/mol. The SMILES string of the molecule is CC[C@H](C)[C@@H](C(=O)OC)N(C)C[C@@]1(C)CC[C@@H]2c3ccc(OCc4ccccc4)cc3CC[C@H]2[C@@H]1CCO[Si](C)(C)C(C)(C)C. The number of esters is 1. The van der Waals surface area contributed by atoms with E-state index >= 15 is 0 Å². The van der Waals surface area contributed by atoms with Crippen molar-refractivity contribution >= 4 is 14.3 Å². The van der Waals surface area contributed by atoms with Crippen molar-refractivity contribution in [3.05, 3.63) is 65.2 Å². The second-order valence-corrected chi connectivity index (χ2v) is 20.7. The molecule has 250 valence electrons. The molecule has 2 aromatic carbocycles. The number of methoxy groups -OCH3 is 1. The molecule has 6 atom stereocenters. The van der Waals surface area contributed by atoms with E-state index in [1.807, 2.05) is 6.07 Å². The van der Waals surface area contributed by atoms with Crippen LogP contribution >= 0.6 is 0 Å². The van der Waals surface area contributed by atoms with Crippen molar-refractivity contribution < 1.29 is 18.7 Å². The molecule has 0 spiro atoms. The van der Waals surface area contributed by atoms with Crippen LogP contribution in [0.2, 0.25) is 18.1 Å². The lowest BCUT2D eigenvalue weighted by Crippen LogP contribution is -2.53. The Labute approximate surface area is 275 Å². The summed E-state index contributed by atoms with van der Waals surface area (Å²) in [7, 11) is 1.81. The molecule has 0 saturated heterocycles. The third-order valence-electron chi connectivity index (χ3n) is 11.9. The molecule has 0 aliphatic heterocycles. The molecule has 2 aromatic rings. The normalized spacial score (nSPS) is 24.8. The molecule has 0 unspecified atom stereocenters. The molecule has 0 aromatic heterocycles. The molecule has 0 bridgehead atoms. The van der Waals surface area contributed by atoms with Gasteiger partial charge < -0.3 is 13.9 Å². The van der Waals surface area contributed by atoms with Crippen LogP contribution in [0, 0.1) is 23.2 Å². The Morgan fingerprint density at radius 2 is 1.82 bits per heavy atom. The van der Waals surface area contributed by atoms with Gasteiger partial charge in [0.05, 0.1) is 7.11 Å². The van der Waals surface area contributed by atoms with Gasteiger partial charge in [-0.1, -0.05) is 84.4 Å². The monoisotopic (exact) mass is 635 g/mol. The number of carbonyl (C=O) groups is 1. The highest BCUT2D eigenvalue weighted by atomic mass is 28.4. The summed E-state index contributed by atoms with van der Waals surface area (Å²) < 4.78 is 18.4. The van der Waals surface area contributed by atoms with E-state index in [9.17, 15) is 4.79 Å². The largest absolute Gasteiger partial charge is 0.489 e. The van der Waals surface area contributed by atoms with Gasteiger partial charge >= 0.3 is 5.97 Å². The highest BCUT2D eigenvalue weighted by molar-refractivity contribution is 6.74. The van der Waals surface area contributed by atoms with Crippen LogP contribution in [-0.2, 0) is 27.0 Å². The number of likely N-dealkylation sites (N-methyl/N-ethyl adjacent to an activating group) is 1. The molecule has 2 aliphatic rings. The minimum atomic E-state index is -1.85. The first-order valence-electron chi connectivity index (χ1n) is 17.4. The van der Waals surface area contributed by atoms with E-state index in [-0.39, 0.29) is 28.4 Å². The van der Waals surface area contributed by atoms with E-state index in [2.05, 4.69) is 109 Å². The number of ether oxygens (including phenoxy) is 2. The summed E-state index contributed by atoms with van der Waals surface area (Å²) in [6, 6.07) is 17.0. The summed E-state index contributed by atoms with van der Waals surface area (Å²) in [5.41, 5.74) is 4.26. The molecule has 45 heavy (non-hydrogen) atoms. The zero-order chi connectivity index (χ0) is 33.0. The zero-order valence-corrected chi connectivity index (χ0v) is 30.9. The Bertz CT molecular complexity index is 1260. The van der Waals surface area contributed by atoms with Crippen LogP contribution < -0.4 is 4.74 Å². The summed E-state index contributed by atoms with van der Waals surface area (Å²) in [5.74, 6) is 2.77. The van der Waals surface area contributed by atoms with E-state index in [1.54, 1.807) is 0 Å². The molecule has 1 saturated carbocycles. The van der Waals surface area contributed by atoms with E-state index in [0.29, 0.717) is 24.4 Å². The van der Waals surface area contributed by atoms with Crippen LogP contribution in [0.15, 0.2) is 48.5 Å². The molecule has 6 heteroatoms. The van der Waals surface area contributed by atoms with Crippen molar-refractivity contribution in [2.75, 3.05) is 27.3 Å². The third-order valence-corrected chi connectivity index (χ3v) is 16.4. The topological polar surface area (TPSA) is 48.0 Å². The molecule has 0 amide bonds. The Morgan fingerprint density at radius 3 is 2.47 bits per heavy atom. The Balaban J connectivity index is 1.57. The van der Waals surface area contributed by atoms with Crippen molar-refractivity contribution in [1.29, 1.82) is 0 Å². The van der Waals surface area contributed by atoms with E-state index < -0.39 is 8.32 Å². The highest BCUT2D eigenvalue weighted by Crippen LogP contribution is 2.56. The van der Waals surface area contributed by atoms with Crippen LogP contribution in [0.5, 0.6) is 5.75 Å². The van der Waals surface area contributed by atoms with Gasteiger partial charge in [0.15, 0.2) is 8.32 Å². The number of nitrogens with zero attached hydrogens (tertiary/aromatic N) is 1. The first kappa shape index (κ1) is 35.7. The lowest BCUT2D eigenvalue weighted by atomic mass is 9.53. The second-order valence-electron chi connectivity index (χ2n) is 15.9. The summed E-state index contributed by atoms with van der Waals surface area (Å²) >= 11 is 0. The van der Waals surface area contributed by atoms with Gasteiger partial charge in [-0.3, -0.25) is 9.69 Å². The number of rotatable bonds is 13. The van der Waals surface area contributed by atoms with Gasteiger partial charge in [-0.25, -0.2) is 0 Å². The molecule has 1 fully saturated rings. The number of hydrogen-bond acceptors (Lipinski definition) is 5. The number of hydrogen-bond donors (Lipinski definition) is 0. The first-order chi connectivity index (χ1) is 21.2. The minimum Gasteiger partial charge on any atom is -0.489 e. The summed E-state index contributed by atoms with van der Waals surface area (Å²) in [6.45, 7) is 20.9. The minimum absolute atomic E-state index is 0.0860. The lowest BCUT2D eigenvalue weighted by Gasteiger charge is -2.54.